The normalized spacial score (nSPS) is 22.3. The fraction of sp³-hybridized carbons (Fsp3) is 0.286. The Morgan fingerprint density at radius 3 is 2.80 bits per heavy atom. The monoisotopic (exact) mass is 199 g/mol. The van der Waals surface area contributed by atoms with E-state index in [9.17, 15) is 0 Å². The molecule has 0 aromatic heterocycles. The molecular formula is C14H17N. The summed E-state index contributed by atoms with van der Waals surface area (Å²) in [5.74, 6) is 0. The molecule has 2 N–H and O–H groups in total. The Kier molecular flexibility index (Phi) is 3.23. The minimum atomic E-state index is 0.887. The Labute approximate surface area is 91.3 Å². The van der Waals surface area contributed by atoms with Crippen LogP contribution in [0.5, 0.6) is 0 Å². The van der Waals surface area contributed by atoms with Crippen LogP contribution in [-0.4, -0.2) is 0 Å². The fourth-order valence-corrected chi connectivity index (χ4v) is 1.96. The maximum atomic E-state index is 5.98. The largest absolute Gasteiger partial charge is 0.398 e. The molecule has 0 saturated carbocycles. The third-order valence-electron chi connectivity index (χ3n) is 2.81. The number of para-hydroxylation sites is 1. The number of benzene rings is 1. The quantitative estimate of drug-likeness (QED) is 0.684. The second-order valence-corrected chi connectivity index (χ2v) is 3.95. The minimum Gasteiger partial charge on any atom is -0.398 e. The number of hydrogen-bond donors (Lipinski definition) is 1. The summed E-state index contributed by atoms with van der Waals surface area (Å²) in [4.78, 5) is 0. The highest BCUT2D eigenvalue weighted by Crippen LogP contribution is 2.27. The summed E-state index contributed by atoms with van der Waals surface area (Å²) in [7, 11) is 0. The van der Waals surface area contributed by atoms with Crippen molar-refractivity contribution in [2.24, 2.45) is 0 Å². The van der Waals surface area contributed by atoms with Gasteiger partial charge in [-0.3, -0.25) is 0 Å². The van der Waals surface area contributed by atoms with Gasteiger partial charge in [-0.2, -0.15) is 0 Å². The molecule has 0 bridgehead atoms. The van der Waals surface area contributed by atoms with Gasteiger partial charge < -0.3 is 5.73 Å². The van der Waals surface area contributed by atoms with Gasteiger partial charge in [0.25, 0.3) is 0 Å². The molecule has 78 valence electrons. The molecule has 0 heterocycles. The van der Waals surface area contributed by atoms with Gasteiger partial charge in [-0.25, -0.2) is 0 Å². The van der Waals surface area contributed by atoms with Crippen LogP contribution >= 0.6 is 0 Å². The average molecular weight is 199 g/mol. The summed E-state index contributed by atoms with van der Waals surface area (Å²) in [6.45, 7) is 0. The molecule has 1 aliphatic carbocycles. The number of nitrogen functional groups attached to an aromatic ring is 1. The van der Waals surface area contributed by atoms with Gasteiger partial charge in [0.15, 0.2) is 0 Å². The lowest BCUT2D eigenvalue weighted by atomic mass is 9.96. The van der Waals surface area contributed by atoms with E-state index in [0.29, 0.717) is 0 Å². The molecule has 2 rings (SSSR count). The first-order valence-electron chi connectivity index (χ1n) is 5.58. The number of hydrogen-bond acceptors (Lipinski definition) is 1. The first-order chi connectivity index (χ1) is 7.38. The van der Waals surface area contributed by atoms with Gasteiger partial charge in [-0.15, -0.1) is 0 Å². The highest BCUT2D eigenvalue weighted by atomic mass is 14.6. The van der Waals surface area contributed by atoms with Crippen molar-refractivity contribution >= 4 is 11.3 Å². The van der Waals surface area contributed by atoms with Crippen molar-refractivity contribution in [3.8, 4) is 0 Å². The molecule has 1 aromatic carbocycles. The third kappa shape index (κ3) is 2.50. The van der Waals surface area contributed by atoms with Crippen LogP contribution in [0.25, 0.3) is 5.57 Å². The molecule has 1 aromatic rings. The maximum Gasteiger partial charge on any atom is 0.0390 e. The molecular weight excluding hydrogens is 182 g/mol. The summed E-state index contributed by atoms with van der Waals surface area (Å²) in [6, 6.07) is 8.11. The Hall–Kier alpha value is -1.50. The predicted octanol–water partition coefficient (Wildman–Crippen LogP) is 3.78. The average Bonchev–Trinajstić information content (AvgIpc) is 2.19. The van der Waals surface area contributed by atoms with Gasteiger partial charge in [-0.1, -0.05) is 36.4 Å². The number of anilines is 1. The van der Waals surface area contributed by atoms with Crippen LogP contribution in [0.15, 0.2) is 42.5 Å². The lowest BCUT2D eigenvalue weighted by Crippen LogP contribution is -1.94. The molecule has 0 atom stereocenters. The highest BCUT2D eigenvalue weighted by Gasteiger charge is 2.05. The van der Waals surface area contributed by atoms with Crippen molar-refractivity contribution < 1.29 is 0 Å². The van der Waals surface area contributed by atoms with Gasteiger partial charge in [-0.05, 0) is 37.3 Å². The Bertz CT molecular complexity index is 388. The van der Waals surface area contributed by atoms with Crippen LogP contribution in [0.1, 0.15) is 31.2 Å². The second kappa shape index (κ2) is 4.83. The maximum absolute atomic E-state index is 5.98. The highest BCUT2D eigenvalue weighted by molar-refractivity contribution is 5.75. The third-order valence-corrected chi connectivity index (χ3v) is 2.81. The van der Waals surface area contributed by atoms with Crippen molar-refractivity contribution in [3.63, 3.8) is 0 Å². The molecule has 0 radical (unpaired) electrons. The zero-order valence-corrected chi connectivity index (χ0v) is 8.95. The molecule has 0 unspecified atom stereocenters. The van der Waals surface area contributed by atoms with Crippen LogP contribution in [-0.2, 0) is 0 Å². The lowest BCUT2D eigenvalue weighted by molar-refractivity contribution is 0.766. The molecule has 0 spiro atoms. The topological polar surface area (TPSA) is 26.0 Å². The van der Waals surface area contributed by atoms with E-state index in [-0.39, 0.29) is 0 Å². The molecule has 0 saturated heterocycles. The molecule has 0 fully saturated rings. The Balaban J connectivity index is 2.32. The van der Waals surface area contributed by atoms with Crippen LogP contribution < -0.4 is 5.73 Å². The molecule has 0 amide bonds. The molecule has 1 aliphatic rings. The first-order valence-corrected chi connectivity index (χ1v) is 5.58. The van der Waals surface area contributed by atoms with E-state index in [4.69, 9.17) is 5.73 Å². The van der Waals surface area contributed by atoms with E-state index in [0.717, 1.165) is 12.1 Å². The van der Waals surface area contributed by atoms with Gasteiger partial charge >= 0.3 is 0 Å². The van der Waals surface area contributed by atoms with Gasteiger partial charge in [0.1, 0.15) is 0 Å². The van der Waals surface area contributed by atoms with Crippen molar-refractivity contribution in [1.29, 1.82) is 0 Å². The summed E-state index contributed by atoms with van der Waals surface area (Å²) in [6.07, 6.45) is 11.5. The van der Waals surface area contributed by atoms with E-state index in [1.54, 1.807) is 0 Å². The van der Waals surface area contributed by atoms with Crippen LogP contribution in [0.3, 0.4) is 0 Å². The van der Waals surface area contributed by atoms with Crippen LogP contribution in [0.2, 0.25) is 0 Å². The summed E-state index contributed by atoms with van der Waals surface area (Å²) in [5.41, 5.74) is 9.43. The van der Waals surface area contributed by atoms with Crippen molar-refractivity contribution in [2.45, 2.75) is 25.7 Å². The molecule has 1 nitrogen and oxygen atoms in total. The van der Waals surface area contributed by atoms with E-state index >= 15 is 0 Å². The minimum absolute atomic E-state index is 0.887. The van der Waals surface area contributed by atoms with Gasteiger partial charge in [0, 0.05) is 11.3 Å². The van der Waals surface area contributed by atoms with E-state index < -0.39 is 0 Å². The van der Waals surface area contributed by atoms with Crippen LogP contribution in [0, 0.1) is 0 Å². The van der Waals surface area contributed by atoms with Gasteiger partial charge in [0.05, 0.1) is 0 Å². The Morgan fingerprint density at radius 1 is 1.07 bits per heavy atom. The first kappa shape index (κ1) is 10.0. The van der Waals surface area contributed by atoms with E-state index in [2.05, 4.69) is 30.4 Å². The zero-order valence-electron chi connectivity index (χ0n) is 8.95. The SMILES string of the molecule is Nc1ccccc1/C1=C/C=C\CCCC1. The van der Waals surface area contributed by atoms with Crippen molar-refractivity contribution in [2.75, 3.05) is 5.73 Å². The lowest BCUT2D eigenvalue weighted by Gasteiger charge is -2.11. The standard InChI is InChI=1S/C14H17N/c15-14-11-7-6-10-13(14)12-8-4-2-1-3-5-9-12/h2,4,6-8,10-11H,1,3,5,9,15H2/b4-2-,12-8+. The molecule has 1 heteroatoms. The number of nitrogens with two attached hydrogens (primary N) is 1. The van der Waals surface area contributed by atoms with Crippen LogP contribution in [0.4, 0.5) is 5.69 Å². The summed E-state index contributed by atoms with van der Waals surface area (Å²) < 4.78 is 0. The number of allylic oxidation sites excluding steroid dienone is 4. The van der Waals surface area contributed by atoms with E-state index in [1.807, 2.05) is 12.1 Å². The van der Waals surface area contributed by atoms with Crippen molar-refractivity contribution in [1.82, 2.24) is 0 Å². The fourth-order valence-electron chi connectivity index (χ4n) is 1.96. The van der Waals surface area contributed by atoms with Gasteiger partial charge in [0.2, 0.25) is 0 Å². The van der Waals surface area contributed by atoms with E-state index in [1.165, 1.54) is 30.4 Å². The summed E-state index contributed by atoms with van der Waals surface area (Å²) >= 11 is 0. The molecule has 15 heavy (non-hydrogen) atoms. The second-order valence-electron chi connectivity index (χ2n) is 3.95. The Morgan fingerprint density at radius 2 is 1.93 bits per heavy atom. The number of rotatable bonds is 1. The molecule has 0 aliphatic heterocycles. The zero-order chi connectivity index (χ0) is 10.5. The van der Waals surface area contributed by atoms with Crippen molar-refractivity contribution in [3.05, 3.63) is 48.1 Å². The summed E-state index contributed by atoms with van der Waals surface area (Å²) in [5, 5.41) is 0. The predicted molar refractivity (Wildman–Crippen MR) is 66.4 cm³/mol. The smallest absolute Gasteiger partial charge is 0.0390 e.